The molecule has 3 N–H and O–H groups in total. The lowest BCUT2D eigenvalue weighted by Gasteiger charge is -2.35. The first-order valence-electron chi connectivity index (χ1n) is 8.56. The minimum atomic E-state index is -0.833. The molecule has 1 unspecified atom stereocenters. The molecule has 2 fully saturated rings. The number of carboxylic acids is 1. The number of aliphatic carboxylic acids is 1. The van der Waals surface area contributed by atoms with Gasteiger partial charge in [-0.25, -0.2) is 0 Å². The fraction of sp³-hybridized carbons (Fsp3) is 0.529. The lowest BCUT2D eigenvalue weighted by atomic mass is 9.84. The van der Waals surface area contributed by atoms with Gasteiger partial charge >= 0.3 is 5.97 Å². The van der Waals surface area contributed by atoms with Gasteiger partial charge in [-0.05, 0) is 37.3 Å². The molecule has 0 aromatic heterocycles. The van der Waals surface area contributed by atoms with Gasteiger partial charge in [0, 0.05) is 31.3 Å². The second kappa shape index (κ2) is 7.28. The molecule has 2 atom stereocenters. The molecule has 2 aliphatic rings. The van der Waals surface area contributed by atoms with Crippen LogP contribution in [-0.2, 0) is 9.53 Å². The molecule has 140 valence electrons. The highest BCUT2D eigenvalue weighted by Crippen LogP contribution is 2.33. The molecule has 1 aromatic rings. The van der Waals surface area contributed by atoms with E-state index >= 15 is 0 Å². The summed E-state index contributed by atoms with van der Waals surface area (Å²) in [6, 6.07) is 4.05. The molecule has 0 bridgehead atoms. The molecule has 0 aliphatic carbocycles. The number of rotatable bonds is 4. The molecule has 2 heterocycles. The smallest absolute Gasteiger partial charge is 0.309 e. The van der Waals surface area contributed by atoms with Gasteiger partial charge in [-0.2, -0.15) is 0 Å². The zero-order valence-corrected chi connectivity index (χ0v) is 14.2. The van der Waals surface area contributed by atoms with Crippen molar-refractivity contribution in [3.05, 3.63) is 33.9 Å². The Balaban J connectivity index is 1.65. The van der Waals surface area contributed by atoms with Gasteiger partial charge in [0.2, 0.25) is 0 Å². The van der Waals surface area contributed by atoms with E-state index in [0.717, 1.165) is 0 Å². The van der Waals surface area contributed by atoms with Crippen molar-refractivity contribution in [1.82, 2.24) is 4.90 Å². The van der Waals surface area contributed by atoms with E-state index in [4.69, 9.17) is 10.5 Å². The van der Waals surface area contributed by atoms with E-state index in [9.17, 15) is 24.8 Å². The highest BCUT2D eigenvalue weighted by molar-refractivity contribution is 5.95. The largest absolute Gasteiger partial charge is 0.481 e. The summed E-state index contributed by atoms with van der Waals surface area (Å²) in [7, 11) is 0. The summed E-state index contributed by atoms with van der Waals surface area (Å²) in [5.41, 5.74) is 5.53. The van der Waals surface area contributed by atoms with Crippen molar-refractivity contribution in [1.29, 1.82) is 0 Å². The highest BCUT2D eigenvalue weighted by Gasteiger charge is 2.40. The van der Waals surface area contributed by atoms with Crippen LogP contribution >= 0.6 is 0 Å². The highest BCUT2D eigenvalue weighted by atomic mass is 16.6. The van der Waals surface area contributed by atoms with Gasteiger partial charge in [0.25, 0.3) is 11.6 Å². The number of benzene rings is 1. The van der Waals surface area contributed by atoms with Gasteiger partial charge in [0.15, 0.2) is 0 Å². The number of nitrogen functional groups attached to an aromatic ring is 1. The van der Waals surface area contributed by atoms with E-state index in [1.165, 1.54) is 18.2 Å². The zero-order valence-electron chi connectivity index (χ0n) is 14.2. The summed E-state index contributed by atoms with van der Waals surface area (Å²) in [6.07, 6.45) is 1.52. The number of carbonyl (C=O) groups excluding carboxylic acids is 1. The number of nitro groups is 1. The van der Waals surface area contributed by atoms with E-state index in [2.05, 4.69) is 0 Å². The maximum atomic E-state index is 12.6. The minimum absolute atomic E-state index is 0.0170. The van der Waals surface area contributed by atoms with Crippen LogP contribution < -0.4 is 5.73 Å². The average Bonchev–Trinajstić information content (AvgIpc) is 3.11. The number of likely N-dealkylation sites (tertiary alicyclic amines) is 1. The summed E-state index contributed by atoms with van der Waals surface area (Å²) in [6.45, 7) is 1.39. The summed E-state index contributed by atoms with van der Waals surface area (Å²) in [5, 5.41) is 20.3. The van der Waals surface area contributed by atoms with Gasteiger partial charge in [-0.15, -0.1) is 0 Å². The Bertz CT molecular complexity index is 729. The first kappa shape index (κ1) is 18.1. The molecule has 9 heteroatoms. The fourth-order valence-electron chi connectivity index (χ4n) is 3.79. The number of nitro benzene ring substituents is 1. The van der Waals surface area contributed by atoms with Crippen LogP contribution in [0.5, 0.6) is 0 Å². The van der Waals surface area contributed by atoms with Crippen LogP contribution in [0.15, 0.2) is 18.2 Å². The molecule has 26 heavy (non-hydrogen) atoms. The lowest BCUT2D eigenvalue weighted by molar-refractivity contribution is -0.383. The maximum Gasteiger partial charge on any atom is 0.309 e. The van der Waals surface area contributed by atoms with Crippen molar-refractivity contribution < 1.29 is 24.4 Å². The van der Waals surface area contributed by atoms with Crippen LogP contribution in [-0.4, -0.2) is 52.6 Å². The Labute approximate surface area is 149 Å². The third-order valence-electron chi connectivity index (χ3n) is 5.22. The van der Waals surface area contributed by atoms with Gasteiger partial charge in [-0.3, -0.25) is 19.7 Å². The average molecular weight is 363 g/mol. The predicted molar refractivity (Wildman–Crippen MR) is 91.6 cm³/mol. The molecule has 0 saturated carbocycles. The van der Waals surface area contributed by atoms with Crippen molar-refractivity contribution in [3.63, 3.8) is 0 Å². The number of piperidine rings is 1. The second-order valence-corrected chi connectivity index (χ2v) is 6.73. The van der Waals surface area contributed by atoms with Gasteiger partial charge in [-0.1, -0.05) is 0 Å². The number of carbonyl (C=O) groups is 2. The Hall–Kier alpha value is -2.68. The van der Waals surface area contributed by atoms with E-state index in [1.54, 1.807) is 4.90 Å². The van der Waals surface area contributed by atoms with Gasteiger partial charge < -0.3 is 20.5 Å². The normalized spacial score (nSPS) is 23.8. The fourth-order valence-corrected chi connectivity index (χ4v) is 3.79. The Morgan fingerprint density at radius 2 is 1.96 bits per heavy atom. The van der Waals surface area contributed by atoms with Gasteiger partial charge in [0.05, 0.1) is 16.9 Å². The third kappa shape index (κ3) is 3.48. The molecule has 1 aromatic carbocycles. The standard InChI is InChI=1S/C17H21N3O6/c18-13-2-1-11(9-14(13)20(24)25)16(21)19-6-3-10(4-7-19)15-12(17(22)23)5-8-26-15/h1-2,9-10,12,15H,3-8,18H2,(H,22,23)/t12?,15-/m0/s1. The predicted octanol–water partition coefficient (Wildman–Crippen LogP) is 1.52. The first-order valence-corrected chi connectivity index (χ1v) is 8.56. The number of nitrogens with zero attached hydrogens (tertiary/aromatic N) is 2. The van der Waals surface area contributed by atoms with Crippen molar-refractivity contribution in [2.45, 2.75) is 25.4 Å². The number of hydrogen-bond donors (Lipinski definition) is 2. The molecule has 9 nitrogen and oxygen atoms in total. The van der Waals surface area contributed by atoms with E-state index in [1.807, 2.05) is 0 Å². The number of anilines is 1. The summed E-state index contributed by atoms with van der Waals surface area (Å²) >= 11 is 0. The van der Waals surface area contributed by atoms with Crippen molar-refractivity contribution in [3.8, 4) is 0 Å². The Kier molecular flexibility index (Phi) is 5.08. The van der Waals surface area contributed by atoms with Crippen LogP contribution in [0.1, 0.15) is 29.6 Å². The van der Waals surface area contributed by atoms with E-state index in [0.29, 0.717) is 39.0 Å². The zero-order chi connectivity index (χ0) is 18.8. The number of hydrogen-bond acceptors (Lipinski definition) is 6. The maximum absolute atomic E-state index is 12.6. The molecule has 2 saturated heterocycles. The molecule has 3 rings (SSSR count). The molecule has 0 radical (unpaired) electrons. The second-order valence-electron chi connectivity index (χ2n) is 6.73. The Morgan fingerprint density at radius 3 is 2.58 bits per heavy atom. The van der Waals surface area contributed by atoms with Crippen molar-refractivity contribution >= 4 is 23.3 Å². The minimum Gasteiger partial charge on any atom is -0.481 e. The molecular weight excluding hydrogens is 342 g/mol. The summed E-state index contributed by atoms with van der Waals surface area (Å²) in [5.74, 6) is -1.50. The number of carboxylic acid groups (broad SMARTS) is 1. The monoisotopic (exact) mass is 363 g/mol. The summed E-state index contributed by atoms with van der Waals surface area (Å²) < 4.78 is 5.63. The number of ether oxygens (including phenoxy) is 1. The van der Waals surface area contributed by atoms with Crippen LogP contribution in [0.2, 0.25) is 0 Å². The van der Waals surface area contributed by atoms with Crippen LogP contribution in [0.25, 0.3) is 0 Å². The third-order valence-corrected chi connectivity index (χ3v) is 5.22. The van der Waals surface area contributed by atoms with Crippen molar-refractivity contribution in [2.75, 3.05) is 25.4 Å². The first-order chi connectivity index (χ1) is 12.4. The van der Waals surface area contributed by atoms with Crippen molar-refractivity contribution in [2.24, 2.45) is 11.8 Å². The molecule has 2 aliphatic heterocycles. The topological polar surface area (TPSA) is 136 Å². The SMILES string of the molecule is Nc1ccc(C(=O)N2CCC([C@@H]3OCCC3C(=O)O)CC2)cc1[N+](=O)[O-]. The quantitative estimate of drug-likeness (QED) is 0.470. The number of amides is 1. The molecule has 0 spiro atoms. The van der Waals surface area contributed by atoms with Crippen LogP contribution in [0.4, 0.5) is 11.4 Å². The van der Waals surface area contributed by atoms with Gasteiger partial charge in [0.1, 0.15) is 5.69 Å². The van der Waals surface area contributed by atoms with Crippen LogP contribution in [0.3, 0.4) is 0 Å². The van der Waals surface area contributed by atoms with E-state index < -0.39 is 16.8 Å². The molecular formula is C17H21N3O6. The van der Waals surface area contributed by atoms with Crippen LogP contribution in [0, 0.1) is 22.0 Å². The molecule has 1 amide bonds. The summed E-state index contributed by atoms with van der Waals surface area (Å²) in [4.78, 5) is 36.0. The number of nitrogens with two attached hydrogens (primary N) is 1. The lowest BCUT2D eigenvalue weighted by Crippen LogP contribution is -2.43. The van der Waals surface area contributed by atoms with E-state index in [-0.39, 0.29) is 34.9 Å². The Morgan fingerprint density at radius 1 is 1.27 bits per heavy atom.